The Labute approximate surface area is 189 Å². The summed E-state index contributed by atoms with van der Waals surface area (Å²) in [7, 11) is 3.11. The van der Waals surface area contributed by atoms with Crippen LogP contribution in [-0.4, -0.2) is 30.5 Å². The molecule has 152 valence electrons. The molecule has 0 spiro atoms. The number of aliphatic imine (C=N–C) groups is 1. The number of benzene rings is 3. The Morgan fingerprint density at radius 2 is 1.90 bits per heavy atom. The van der Waals surface area contributed by atoms with Crippen LogP contribution in [0, 0.1) is 0 Å². The van der Waals surface area contributed by atoms with E-state index in [1.807, 2.05) is 42.5 Å². The number of ether oxygens (including phenoxy) is 2. The summed E-state index contributed by atoms with van der Waals surface area (Å²) in [4.78, 5) is 9.05. The number of halogens is 2. The first-order valence-electron chi connectivity index (χ1n) is 8.84. The molecule has 0 bridgehead atoms. The van der Waals surface area contributed by atoms with E-state index in [2.05, 4.69) is 41.8 Å². The van der Waals surface area contributed by atoms with Crippen LogP contribution in [0.1, 0.15) is 5.56 Å². The summed E-state index contributed by atoms with van der Waals surface area (Å²) in [5.74, 6) is 1.58. The average molecular weight is 532 g/mol. The van der Waals surface area contributed by atoms with Crippen molar-refractivity contribution in [3.05, 3.63) is 63.0 Å². The minimum atomic E-state index is -0.000787. The number of oxazole rings is 1. The number of methoxy groups -OCH3 is 2. The smallest absolute Gasteiger partial charge is 0.227 e. The van der Waals surface area contributed by atoms with Crippen molar-refractivity contribution in [3.63, 3.8) is 0 Å². The van der Waals surface area contributed by atoms with Crippen molar-refractivity contribution in [1.82, 2.24) is 4.98 Å². The van der Waals surface area contributed by atoms with Crippen LogP contribution in [0.2, 0.25) is 0 Å². The number of hydrogen-bond donors (Lipinski definition) is 1. The maximum absolute atomic E-state index is 10.4. The van der Waals surface area contributed by atoms with Gasteiger partial charge >= 0.3 is 0 Å². The number of phenols is 1. The topological polar surface area (TPSA) is 77.1 Å². The summed E-state index contributed by atoms with van der Waals surface area (Å²) in [6.07, 6.45) is 1.57. The molecule has 0 radical (unpaired) electrons. The quantitative estimate of drug-likeness (QED) is 0.298. The molecule has 3 aromatic carbocycles. The fourth-order valence-corrected chi connectivity index (χ4v) is 3.73. The fourth-order valence-electron chi connectivity index (χ4n) is 2.90. The monoisotopic (exact) mass is 530 g/mol. The van der Waals surface area contributed by atoms with Gasteiger partial charge in [-0.05, 0) is 74.3 Å². The molecular formula is C22H16Br2N2O4. The number of aromatic hydroxyl groups is 1. The van der Waals surface area contributed by atoms with Gasteiger partial charge in [-0.1, -0.05) is 6.07 Å². The van der Waals surface area contributed by atoms with Crippen molar-refractivity contribution in [1.29, 1.82) is 0 Å². The van der Waals surface area contributed by atoms with E-state index < -0.39 is 0 Å². The maximum atomic E-state index is 10.4. The lowest BCUT2D eigenvalue weighted by atomic mass is 10.2. The summed E-state index contributed by atoms with van der Waals surface area (Å²) in [5, 5.41) is 10.4. The third kappa shape index (κ3) is 3.93. The van der Waals surface area contributed by atoms with E-state index in [1.54, 1.807) is 19.4 Å². The summed E-state index contributed by atoms with van der Waals surface area (Å²) >= 11 is 6.89. The molecule has 0 atom stereocenters. The highest BCUT2D eigenvalue weighted by Gasteiger charge is 2.14. The Balaban J connectivity index is 1.69. The fraction of sp³-hybridized carbons (Fsp3) is 0.0909. The third-order valence-corrected chi connectivity index (χ3v) is 6.45. The molecule has 0 aliphatic heterocycles. The van der Waals surface area contributed by atoms with Crippen molar-refractivity contribution in [3.8, 4) is 28.7 Å². The Morgan fingerprint density at radius 3 is 2.67 bits per heavy atom. The van der Waals surface area contributed by atoms with E-state index in [4.69, 9.17) is 13.9 Å². The Morgan fingerprint density at radius 1 is 1.07 bits per heavy atom. The van der Waals surface area contributed by atoms with Gasteiger partial charge in [-0.2, -0.15) is 0 Å². The van der Waals surface area contributed by atoms with Gasteiger partial charge in [0.2, 0.25) is 5.89 Å². The van der Waals surface area contributed by atoms with Gasteiger partial charge in [-0.3, -0.25) is 4.99 Å². The van der Waals surface area contributed by atoms with Crippen LogP contribution in [0.15, 0.2) is 66.9 Å². The molecule has 8 heteroatoms. The van der Waals surface area contributed by atoms with E-state index in [1.165, 1.54) is 7.11 Å². The molecule has 0 saturated heterocycles. The molecule has 4 rings (SSSR count). The molecular weight excluding hydrogens is 516 g/mol. The minimum Gasteiger partial charge on any atom is -0.504 e. The summed E-state index contributed by atoms with van der Waals surface area (Å²) < 4.78 is 17.7. The van der Waals surface area contributed by atoms with Gasteiger partial charge in [-0.15, -0.1) is 0 Å². The van der Waals surface area contributed by atoms with Crippen LogP contribution in [0.3, 0.4) is 0 Å². The van der Waals surface area contributed by atoms with Gasteiger partial charge in [0.1, 0.15) is 11.3 Å². The molecule has 0 saturated carbocycles. The molecule has 4 aromatic rings. The molecule has 1 heterocycles. The second kappa shape index (κ2) is 8.49. The lowest BCUT2D eigenvalue weighted by Crippen LogP contribution is -1.91. The highest BCUT2D eigenvalue weighted by Crippen LogP contribution is 2.39. The van der Waals surface area contributed by atoms with Crippen LogP contribution in [0.25, 0.3) is 22.6 Å². The number of rotatable bonds is 5. The van der Waals surface area contributed by atoms with Gasteiger partial charge in [-0.25, -0.2) is 4.98 Å². The Bertz CT molecular complexity index is 1270. The first-order chi connectivity index (χ1) is 14.5. The molecule has 0 fully saturated rings. The SMILES string of the molecule is COc1cccc(-c2nc3cc(N=Cc4c(O)c(OC)cc(Br)c4Br)ccc3o2)c1. The molecule has 0 aliphatic carbocycles. The molecule has 1 aromatic heterocycles. The van der Waals surface area contributed by atoms with Gasteiger partial charge in [0.15, 0.2) is 17.1 Å². The van der Waals surface area contributed by atoms with Crippen molar-refractivity contribution >= 4 is 54.9 Å². The van der Waals surface area contributed by atoms with E-state index in [-0.39, 0.29) is 5.75 Å². The first-order valence-corrected chi connectivity index (χ1v) is 10.4. The standard InChI is InChI=1S/C22H16Br2N2O4/c1-28-14-5-3-4-12(8-14)22-26-17-9-13(6-7-18(17)30-22)25-11-15-20(24)16(23)10-19(29-2)21(15)27/h3-11,27H,1-2H3. The molecule has 1 N–H and O–H groups in total. The zero-order valence-corrected chi connectivity index (χ0v) is 19.2. The molecule has 0 amide bonds. The van der Waals surface area contributed by atoms with Gasteiger partial charge in [0.25, 0.3) is 0 Å². The maximum Gasteiger partial charge on any atom is 0.227 e. The van der Waals surface area contributed by atoms with E-state index in [0.717, 1.165) is 15.8 Å². The molecule has 0 unspecified atom stereocenters. The zero-order chi connectivity index (χ0) is 21.3. The normalized spacial score (nSPS) is 11.3. The van der Waals surface area contributed by atoms with Crippen LogP contribution < -0.4 is 9.47 Å². The van der Waals surface area contributed by atoms with Gasteiger partial charge in [0.05, 0.1) is 25.5 Å². The zero-order valence-electron chi connectivity index (χ0n) is 16.0. The van der Waals surface area contributed by atoms with Crippen molar-refractivity contribution in [2.24, 2.45) is 4.99 Å². The highest BCUT2D eigenvalue weighted by molar-refractivity contribution is 9.13. The number of phenolic OH excluding ortho intramolecular Hbond substituents is 1. The van der Waals surface area contributed by atoms with E-state index >= 15 is 0 Å². The van der Waals surface area contributed by atoms with E-state index in [0.29, 0.717) is 38.5 Å². The summed E-state index contributed by atoms with van der Waals surface area (Å²) in [5.41, 5.74) is 3.32. The average Bonchev–Trinajstić information content (AvgIpc) is 3.20. The van der Waals surface area contributed by atoms with E-state index in [9.17, 15) is 5.11 Å². The van der Waals surface area contributed by atoms with Crippen LogP contribution in [0.5, 0.6) is 17.2 Å². The highest BCUT2D eigenvalue weighted by atomic mass is 79.9. The van der Waals surface area contributed by atoms with Crippen molar-refractivity contribution in [2.45, 2.75) is 0 Å². The molecule has 30 heavy (non-hydrogen) atoms. The Kier molecular flexibility index (Phi) is 5.78. The first kappa shape index (κ1) is 20.4. The van der Waals surface area contributed by atoms with Crippen LogP contribution in [0.4, 0.5) is 5.69 Å². The number of aromatic nitrogens is 1. The third-order valence-electron chi connectivity index (χ3n) is 4.44. The minimum absolute atomic E-state index is 0.000787. The second-order valence-corrected chi connectivity index (χ2v) is 7.95. The van der Waals surface area contributed by atoms with Crippen LogP contribution in [-0.2, 0) is 0 Å². The van der Waals surface area contributed by atoms with Crippen molar-refractivity contribution in [2.75, 3.05) is 14.2 Å². The number of nitrogens with zero attached hydrogens (tertiary/aromatic N) is 2. The molecule has 6 nitrogen and oxygen atoms in total. The largest absolute Gasteiger partial charge is 0.504 e. The predicted octanol–water partition coefficient (Wildman–Crippen LogP) is 6.49. The number of fused-ring (bicyclic) bond motifs is 1. The lowest BCUT2D eigenvalue weighted by molar-refractivity contribution is 0.372. The lowest BCUT2D eigenvalue weighted by Gasteiger charge is -2.09. The second-order valence-electron chi connectivity index (χ2n) is 6.30. The summed E-state index contributed by atoms with van der Waals surface area (Å²) in [6, 6.07) is 14.7. The van der Waals surface area contributed by atoms with Gasteiger partial charge < -0.3 is 19.0 Å². The van der Waals surface area contributed by atoms with Gasteiger partial charge in [0, 0.05) is 20.7 Å². The Hall–Kier alpha value is -2.84. The van der Waals surface area contributed by atoms with Crippen molar-refractivity contribution < 1.29 is 19.0 Å². The number of hydrogen-bond acceptors (Lipinski definition) is 6. The summed E-state index contributed by atoms with van der Waals surface area (Å²) in [6.45, 7) is 0. The predicted molar refractivity (Wildman–Crippen MR) is 123 cm³/mol. The van der Waals surface area contributed by atoms with Crippen LogP contribution >= 0.6 is 31.9 Å². The molecule has 0 aliphatic rings.